The van der Waals surface area contributed by atoms with Crippen molar-refractivity contribution in [3.8, 4) is 0 Å². The number of amides is 1. The fourth-order valence-corrected chi connectivity index (χ4v) is 2.98. The molecule has 1 amide bonds. The number of pyridine rings is 1. The molecule has 0 fully saturated rings. The number of rotatable bonds is 2. The lowest BCUT2D eigenvalue weighted by molar-refractivity contribution is -0.125. The van der Waals surface area contributed by atoms with Crippen LogP contribution in [-0.4, -0.2) is 27.3 Å². The third kappa shape index (κ3) is 1.99. The third-order valence-corrected chi connectivity index (χ3v) is 3.91. The number of carbonyl (C=O) groups excluding carboxylic acids is 2. The zero-order valence-electron chi connectivity index (χ0n) is 11.6. The minimum absolute atomic E-state index is 0.173. The Bertz CT molecular complexity index is 704. The maximum Gasteiger partial charge on any atom is 0.217 e. The van der Waals surface area contributed by atoms with E-state index in [1.807, 2.05) is 29.8 Å². The summed E-state index contributed by atoms with van der Waals surface area (Å²) in [4.78, 5) is 22.8. The normalized spacial score (nSPS) is 21.5. The second-order valence-electron chi connectivity index (χ2n) is 5.59. The molecule has 0 aliphatic heterocycles. The molecule has 5 nitrogen and oxygen atoms in total. The van der Waals surface area contributed by atoms with Crippen molar-refractivity contribution < 1.29 is 9.59 Å². The summed E-state index contributed by atoms with van der Waals surface area (Å²) in [6.07, 6.45) is 4.67. The Hall–Kier alpha value is -2.17. The number of aromatic nitrogens is 2. The lowest BCUT2D eigenvalue weighted by Gasteiger charge is -2.32. The van der Waals surface area contributed by atoms with Gasteiger partial charge in [0.2, 0.25) is 5.91 Å². The van der Waals surface area contributed by atoms with Gasteiger partial charge in [-0.25, -0.2) is 4.52 Å². The number of hydrogen-bond donors (Lipinski definition) is 1. The molecule has 1 atom stereocenters. The highest BCUT2D eigenvalue weighted by Gasteiger charge is 2.37. The van der Waals surface area contributed by atoms with Crippen LogP contribution in [0.2, 0.25) is 0 Å². The van der Waals surface area contributed by atoms with Crippen LogP contribution >= 0.6 is 0 Å². The predicted molar refractivity (Wildman–Crippen MR) is 74.6 cm³/mol. The van der Waals surface area contributed by atoms with Crippen LogP contribution in [0.15, 0.2) is 18.3 Å². The standard InChI is InChI=1S/C15H17N3O2/c1-10-3-4-14-12-7-15(9-19,16-11(2)20)6-5-13(12)17-18(14)8-10/h3-4,8-9H,5-7H2,1-2H3,(H,16,20). The Morgan fingerprint density at radius 3 is 3.00 bits per heavy atom. The van der Waals surface area contributed by atoms with Gasteiger partial charge in [0.05, 0.1) is 16.7 Å². The van der Waals surface area contributed by atoms with Gasteiger partial charge in [0, 0.05) is 25.1 Å². The first-order valence-corrected chi connectivity index (χ1v) is 6.75. The molecule has 104 valence electrons. The molecule has 2 aromatic rings. The molecule has 0 aromatic carbocycles. The lowest BCUT2D eigenvalue weighted by Crippen LogP contribution is -2.52. The van der Waals surface area contributed by atoms with Crippen molar-refractivity contribution in [1.29, 1.82) is 0 Å². The third-order valence-electron chi connectivity index (χ3n) is 3.91. The van der Waals surface area contributed by atoms with Gasteiger partial charge in [-0.1, -0.05) is 6.07 Å². The van der Waals surface area contributed by atoms with Gasteiger partial charge in [0.15, 0.2) is 0 Å². The fourth-order valence-electron chi connectivity index (χ4n) is 2.98. The van der Waals surface area contributed by atoms with Gasteiger partial charge in [0.25, 0.3) is 0 Å². The minimum Gasteiger partial charge on any atom is -0.344 e. The molecule has 0 saturated carbocycles. The lowest BCUT2D eigenvalue weighted by atomic mass is 9.81. The molecule has 20 heavy (non-hydrogen) atoms. The fraction of sp³-hybridized carbons (Fsp3) is 0.400. The second kappa shape index (κ2) is 4.44. The molecule has 2 aromatic heterocycles. The van der Waals surface area contributed by atoms with Gasteiger partial charge in [0.1, 0.15) is 6.29 Å². The largest absolute Gasteiger partial charge is 0.344 e. The van der Waals surface area contributed by atoms with Crippen molar-refractivity contribution in [3.63, 3.8) is 0 Å². The van der Waals surface area contributed by atoms with Gasteiger partial charge >= 0.3 is 0 Å². The monoisotopic (exact) mass is 271 g/mol. The van der Waals surface area contributed by atoms with Crippen molar-refractivity contribution in [2.45, 2.75) is 38.6 Å². The molecular formula is C15H17N3O2. The van der Waals surface area contributed by atoms with Crippen molar-refractivity contribution in [1.82, 2.24) is 14.9 Å². The van der Waals surface area contributed by atoms with Crippen molar-refractivity contribution in [2.24, 2.45) is 0 Å². The molecular weight excluding hydrogens is 254 g/mol. The van der Waals surface area contributed by atoms with Crippen LogP contribution in [0.3, 0.4) is 0 Å². The van der Waals surface area contributed by atoms with E-state index in [1.165, 1.54) is 6.92 Å². The molecule has 1 N–H and O–H groups in total. The summed E-state index contributed by atoms with van der Waals surface area (Å²) in [5.41, 5.74) is 3.46. The molecule has 5 heteroatoms. The summed E-state index contributed by atoms with van der Waals surface area (Å²) >= 11 is 0. The van der Waals surface area contributed by atoms with Gasteiger partial charge < -0.3 is 10.1 Å². The van der Waals surface area contributed by atoms with E-state index in [-0.39, 0.29) is 5.91 Å². The number of carbonyl (C=O) groups is 2. The molecule has 1 aliphatic carbocycles. The summed E-state index contributed by atoms with van der Waals surface area (Å²) in [6.45, 7) is 3.47. The summed E-state index contributed by atoms with van der Waals surface area (Å²) < 4.78 is 1.87. The van der Waals surface area contributed by atoms with E-state index in [0.717, 1.165) is 28.6 Å². The zero-order valence-corrected chi connectivity index (χ0v) is 11.6. The van der Waals surface area contributed by atoms with Gasteiger partial charge in [-0.05, 0) is 31.4 Å². The van der Waals surface area contributed by atoms with Crippen LogP contribution in [0.25, 0.3) is 5.52 Å². The van der Waals surface area contributed by atoms with E-state index in [1.54, 1.807) is 0 Å². The van der Waals surface area contributed by atoms with E-state index in [4.69, 9.17) is 0 Å². The highest BCUT2D eigenvalue weighted by Crippen LogP contribution is 2.30. The van der Waals surface area contributed by atoms with Gasteiger partial charge in [-0.15, -0.1) is 0 Å². The molecule has 0 radical (unpaired) electrons. The van der Waals surface area contributed by atoms with Gasteiger partial charge in [-0.3, -0.25) is 4.79 Å². The quantitative estimate of drug-likeness (QED) is 0.835. The van der Waals surface area contributed by atoms with Crippen molar-refractivity contribution >= 4 is 17.7 Å². The topological polar surface area (TPSA) is 63.5 Å². The van der Waals surface area contributed by atoms with Crippen LogP contribution in [-0.2, 0) is 22.4 Å². The number of nitrogens with one attached hydrogen (secondary N) is 1. The Balaban J connectivity index is 2.07. The van der Waals surface area contributed by atoms with Crippen molar-refractivity contribution in [2.75, 3.05) is 0 Å². The Kier molecular flexibility index (Phi) is 2.85. The number of fused-ring (bicyclic) bond motifs is 3. The minimum atomic E-state index is -0.784. The van der Waals surface area contributed by atoms with E-state index in [9.17, 15) is 9.59 Å². The van der Waals surface area contributed by atoms with Crippen LogP contribution in [0.1, 0.15) is 30.2 Å². The first-order valence-electron chi connectivity index (χ1n) is 6.75. The number of aryl methyl sites for hydroxylation is 2. The highest BCUT2D eigenvalue weighted by atomic mass is 16.2. The molecule has 3 rings (SSSR count). The second-order valence-corrected chi connectivity index (χ2v) is 5.59. The Morgan fingerprint density at radius 1 is 1.50 bits per heavy atom. The zero-order chi connectivity index (χ0) is 14.3. The average molecular weight is 271 g/mol. The number of hydrogen-bond acceptors (Lipinski definition) is 3. The number of nitrogens with zero attached hydrogens (tertiary/aromatic N) is 2. The first-order chi connectivity index (χ1) is 9.53. The SMILES string of the molecule is CC(=O)NC1(C=O)CCc2nn3cc(C)ccc3c2C1. The summed E-state index contributed by atoms with van der Waals surface area (Å²) in [5.74, 6) is -0.173. The smallest absolute Gasteiger partial charge is 0.217 e. The molecule has 0 saturated heterocycles. The Morgan fingerprint density at radius 2 is 2.30 bits per heavy atom. The predicted octanol–water partition coefficient (Wildman–Crippen LogP) is 1.21. The maximum atomic E-state index is 11.5. The average Bonchev–Trinajstić information content (AvgIpc) is 2.74. The summed E-state index contributed by atoms with van der Waals surface area (Å²) in [7, 11) is 0. The molecule has 1 aliphatic rings. The molecule has 0 spiro atoms. The highest BCUT2D eigenvalue weighted by molar-refractivity contribution is 5.81. The van der Waals surface area contributed by atoms with Crippen LogP contribution in [0, 0.1) is 6.92 Å². The van der Waals surface area contributed by atoms with Crippen LogP contribution < -0.4 is 5.32 Å². The van der Waals surface area contributed by atoms with Crippen LogP contribution in [0.4, 0.5) is 0 Å². The van der Waals surface area contributed by atoms with Crippen molar-refractivity contribution in [3.05, 3.63) is 35.2 Å². The summed E-state index contributed by atoms with van der Waals surface area (Å²) in [6, 6.07) is 4.06. The molecule has 1 unspecified atom stereocenters. The molecule has 0 bridgehead atoms. The Labute approximate surface area is 117 Å². The van der Waals surface area contributed by atoms with E-state index in [2.05, 4.69) is 10.4 Å². The summed E-state index contributed by atoms with van der Waals surface area (Å²) in [5, 5.41) is 7.39. The first kappa shape index (κ1) is 12.8. The van der Waals surface area contributed by atoms with Crippen LogP contribution in [0.5, 0.6) is 0 Å². The number of aldehydes is 1. The van der Waals surface area contributed by atoms with E-state index in [0.29, 0.717) is 19.3 Å². The van der Waals surface area contributed by atoms with E-state index >= 15 is 0 Å². The van der Waals surface area contributed by atoms with Gasteiger partial charge in [-0.2, -0.15) is 5.10 Å². The maximum absolute atomic E-state index is 11.5. The molecule has 2 heterocycles. The van der Waals surface area contributed by atoms with E-state index < -0.39 is 5.54 Å².